The van der Waals surface area contributed by atoms with E-state index in [0.29, 0.717) is 11.1 Å². The van der Waals surface area contributed by atoms with Crippen molar-refractivity contribution in [2.45, 2.75) is 25.7 Å². The third-order valence-corrected chi connectivity index (χ3v) is 8.17. The summed E-state index contributed by atoms with van der Waals surface area (Å²) < 4.78 is 14.5. The maximum atomic E-state index is 14.5. The fraction of sp³-hybridized carbons (Fsp3) is 0.241. The number of halogens is 1. The van der Waals surface area contributed by atoms with Crippen LogP contribution in [0, 0.1) is 33.7 Å². The number of fused-ring (bicyclic) bond motifs is 3. The maximum absolute atomic E-state index is 14.5. The molecule has 9 nitrogen and oxygen atoms in total. The monoisotopic (exact) mass is 528 g/mol. The van der Waals surface area contributed by atoms with Crippen LogP contribution in [0.3, 0.4) is 0 Å². The van der Waals surface area contributed by atoms with Gasteiger partial charge >= 0.3 is 0 Å². The van der Waals surface area contributed by atoms with Crippen LogP contribution in [0.15, 0.2) is 76.9 Å². The lowest BCUT2D eigenvalue weighted by Gasteiger charge is -2.42. The Bertz CT molecular complexity index is 1640. The first-order valence-electron chi connectivity index (χ1n) is 12.4. The van der Waals surface area contributed by atoms with Crippen LogP contribution in [0.2, 0.25) is 0 Å². The van der Waals surface area contributed by atoms with E-state index in [1.807, 2.05) is 0 Å². The molecule has 39 heavy (non-hydrogen) atoms. The molecule has 0 bridgehead atoms. The van der Waals surface area contributed by atoms with Crippen LogP contribution in [0.25, 0.3) is 0 Å². The molecule has 0 aromatic heterocycles. The number of carbonyl (C=O) groups excluding carboxylic acids is 4. The van der Waals surface area contributed by atoms with Gasteiger partial charge in [-0.1, -0.05) is 23.8 Å². The van der Waals surface area contributed by atoms with Crippen LogP contribution in [-0.4, -0.2) is 33.4 Å². The molecule has 0 spiro atoms. The van der Waals surface area contributed by atoms with E-state index in [1.54, 1.807) is 6.08 Å². The smallest absolute Gasteiger partial charge is 0.271 e. The van der Waals surface area contributed by atoms with Crippen LogP contribution in [0.5, 0.6) is 5.75 Å². The zero-order chi connectivity index (χ0) is 27.7. The zero-order valence-electron chi connectivity index (χ0n) is 20.6. The van der Waals surface area contributed by atoms with E-state index in [9.17, 15) is 38.8 Å². The standard InChI is InChI=1S/C29H21FN2O7/c1-13-9-23(34)26-20(27(13)35)12-19-17(24(26)14-5-8-22(33)21(30)10-14)6-7-18-25(19)29(37)31(28(18)36)15-3-2-4-16(11-15)32(38)39/h2-6,8-11,18-19,24-25,33H,7,12H2,1H3/t18-,19+,24-,25-/m0/s1. The van der Waals surface area contributed by atoms with Crippen molar-refractivity contribution in [3.8, 4) is 5.75 Å². The summed E-state index contributed by atoms with van der Waals surface area (Å²) >= 11 is 0. The maximum Gasteiger partial charge on any atom is 0.271 e. The molecule has 2 amide bonds. The quantitative estimate of drug-likeness (QED) is 0.209. The van der Waals surface area contributed by atoms with Crippen LogP contribution in [0.4, 0.5) is 15.8 Å². The summed E-state index contributed by atoms with van der Waals surface area (Å²) in [4.78, 5) is 65.5. The Morgan fingerprint density at radius 2 is 1.82 bits per heavy atom. The summed E-state index contributed by atoms with van der Waals surface area (Å²) in [7, 11) is 0. The van der Waals surface area contributed by atoms with Crippen molar-refractivity contribution in [3.63, 3.8) is 0 Å². The number of anilines is 1. The lowest BCUT2D eigenvalue weighted by atomic mass is 9.59. The summed E-state index contributed by atoms with van der Waals surface area (Å²) in [6.45, 7) is 1.53. The average molecular weight is 528 g/mol. The molecule has 3 aliphatic carbocycles. The number of hydrogen-bond acceptors (Lipinski definition) is 7. The predicted molar refractivity (Wildman–Crippen MR) is 135 cm³/mol. The topological polar surface area (TPSA) is 135 Å². The van der Waals surface area contributed by atoms with E-state index in [-0.39, 0.29) is 52.5 Å². The number of Topliss-reactive ketones (excluding diaryl/α,β-unsaturated/α-hetero) is 1. The molecule has 6 rings (SSSR count). The second-order valence-corrected chi connectivity index (χ2v) is 10.2. The number of benzene rings is 2. The van der Waals surface area contributed by atoms with Gasteiger partial charge in [0.15, 0.2) is 23.1 Å². The van der Waals surface area contributed by atoms with E-state index >= 15 is 0 Å². The van der Waals surface area contributed by atoms with E-state index < -0.39 is 52.0 Å². The van der Waals surface area contributed by atoms with Crippen molar-refractivity contribution in [3.05, 3.63) is 98.4 Å². The third kappa shape index (κ3) is 3.58. The minimum Gasteiger partial charge on any atom is -0.505 e. The Labute approximate surface area is 221 Å². The van der Waals surface area contributed by atoms with Crippen molar-refractivity contribution in [1.29, 1.82) is 0 Å². The molecule has 1 heterocycles. The number of amides is 2. The molecule has 2 aromatic rings. The predicted octanol–water partition coefficient (Wildman–Crippen LogP) is 4.07. The molecule has 0 radical (unpaired) electrons. The summed E-state index contributed by atoms with van der Waals surface area (Å²) in [6.07, 6.45) is 3.27. The van der Waals surface area contributed by atoms with E-state index in [0.717, 1.165) is 11.0 Å². The van der Waals surface area contributed by atoms with Crippen molar-refractivity contribution >= 4 is 34.8 Å². The highest BCUT2D eigenvalue weighted by molar-refractivity contribution is 6.25. The highest BCUT2D eigenvalue weighted by Crippen LogP contribution is 2.55. The van der Waals surface area contributed by atoms with Gasteiger partial charge in [0.1, 0.15) is 0 Å². The Balaban J connectivity index is 1.48. The number of nitro groups is 1. The Hall–Kier alpha value is -4.73. The fourth-order valence-electron chi connectivity index (χ4n) is 6.46. The molecular formula is C29H21FN2O7. The lowest BCUT2D eigenvalue weighted by molar-refractivity contribution is -0.384. The molecule has 0 saturated carbocycles. The number of carbonyl (C=O) groups is 4. The normalized spacial score (nSPS) is 26.2. The number of imide groups is 1. The summed E-state index contributed by atoms with van der Waals surface area (Å²) in [6, 6.07) is 9.04. The largest absolute Gasteiger partial charge is 0.505 e. The van der Waals surface area contributed by atoms with Crippen LogP contribution in [-0.2, 0) is 19.2 Å². The van der Waals surface area contributed by atoms with Gasteiger partial charge in [0.05, 0.1) is 22.4 Å². The molecule has 1 aliphatic heterocycles. The molecule has 4 aliphatic rings. The van der Waals surface area contributed by atoms with Crippen LogP contribution >= 0.6 is 0 Å². The Morgan fingerprint density at radius 3 is 2.54 bits per heavy atom. The van der Waals surface area contributed by atoms with Crippen molar-refractivity contribution in [2.75, 3.05) is 4.90 Å². The van der Waals surface area contributed by atoms with Gasteiger partial charge in [-0.3, -0.25) is 29.3 Å². The lowest BCUT2D eigenvalue weighted by Crippen LogP contribution is -2.39. The molecule has 1 saturated heterocycles. The molecular weight excluding hydrogens is 507 g/mol. The molecule has 10 heteroatoms. The highest BCUT2D eigenvalue weighted by Gasteiger charge is 2.56. The second-order valence-electron chi connectivity index (χ2n) is 10.2. The highest BCUT2D eigenvalue weighted by atomic mass is 19.1. The van der Waals surface area contributed by atoms with Gasteiger partial charge in [0.25, 0.3) is 5.69 Å². The molecule has 2 aromatic carbocycles. The second kappa shape index (κ2) is 8.65. The fourth-order valence-corrected chi connectivity index (χ4v) is 6.46. The number of hydrogen-bond donors (Lipinski definition) is 1. The zero-order valence-corrected chi connectivity index (χ0v) is 20.6. The number of rotatable bonds is 3. The molecule has 1 fully saturated rings. The van der Waals surface area contributed by atoms with Gasteiger partial charge in [0.2, 0.25) is 11.8 Å². The first-order chi connectivity index (χ1) is 18.6. The minimum absolute atomic E-state index is 0.0525. The van der Waals surface area contributed by atoms with Gasteiger partial charge < -0.3 is 5.11 Å². The number of phenolic OH excluding ortho intramolecular Hbond substituents is 1. The number of nitro benzene ring substituents is 1. The van der Waals surface area contributed by atoms with E-state index in [2.05, 4.69) is 0 Å². The number of nitrogens with zero attached hydrogens (tertiary/aromatic N) is 2. The average Bonchev–Trinajstić information content (AvgIpc) is 3.17. The van der Waals surface area contributed by atoms with E-state index in [4.69, 9.17) is 0 Å². The van der Waals surface area contributed by atoms with Crippen molar-refractivity contribution < 1.29 is 33.6 Å². The van der Waals surface area contributed by atoms with Crippen molar-refractivity contribution in [2.24, 2.45) is 17.8 Å². The van der Waals surface area contributed by atoms with Crippen LogP contribution < -0.4 is 4.90 Å². The SMILES string of the molecule is CC1=CC(=O)C2=C(C[C@@H]3C(=CC[C@@H]4C(=O)N(c5cccc([N+](=O)[O-])c5)C(=O)[C@@H]43)[C@@H]2c2ccc(O)c(F)c2)C1=O. The number of phenols is 1. The number of non-ortho nitro benzene ring substituents is 1. The molecule has 1 N–H and O–H groups in total. The first-order valence-corrected chi connectivity index (χ1v) is 12.4. The molecule has 4 atom stereocenters. The van der Waals surface area contributed by atoms with E-state index in [1.165, 1.54) is 49.4 Å². The summed E-state index contributed by atoms with van der Waals surface area (Å²) in [5.74, 6) is -6.31. The number of aromatic hydroxyl groups is 1. The first kappa shape index (κ1) is 24.6. The summed E-state index contributed by atoms with van der Waals surface area (Å²) in [5, 5.41) is 21.1. The van der Waals surface area contributed by atoms with Crippen LogP contribution in [0.1, 0.15) is 31.2 Å². The third-order valence-electron chi connectivity index (χ3n) is 8.17. The van der Waals surface area contributed by atoms with Gasteiger partial charge in [-0.15, -0.1) is 0 Å². The van der Waals surface area contributed by atoms with Gasteiger partial charge in [-0.2, -0.15) is 0 Å². The van der Waals surface area contributed by atoms with Gasteiger partial charge in [0, 0.05) is 34.8 Å². The molecule has 0 unspecified atom stereocenters. The van der Waals surface area contributed by atoms with Gasteiger partial charge in [-0.25, -0.2) is 9.29 Å². The Morgan fingerprint density at radius 1 is 1.05 bits per heavy atom. The number of ketones is 2. The number of allylic oxidation sites excluding steroid dienone is 6. The van der Waals surface area contributed by atoms with Crippen molar-refractivity contribution in [1.82, 2.24) is 0 Å². The summed E-state index contributed by atoms with van der Waals surface area (Å²) in [5.41, 5.74) is 1.49. The Kier molecular flexibility index (Phi) is 5.46. The molecule has 196 valence electrons. The van der Waals surface area contributed by atoms with Gasteiger partial charge in [-0.05, 0) is 55.5 Å². The minimum atomic E-state index is -0.892.